The zero-order chi connectivity index (χ0) is 22.7. The van der Waals surface area contributed by atoms with E-state index in [2.05, 4.69) is 0 Å². The third-order valence-corrected chi connectivity index (χ3v) is 6.94. The second kappa shape index (κ2) is 9.23. The van der Waals surface area contributed by atoms with E-state index in [9.17, 15) is 9.59 Å². The van der Waals surface area contributed by atoms with Crippen molar-refractivity contribution in [2.75, 3.05) is 20.7 Å². The molecular weight excluding hydrogens is 404 g/mol. The van der Waals surface area contributed by atoms with Crippen LogP contribution in [-0.2, 0) is 22.6 Å². The Morgan fingerprint density at radius 1 is 1.12 bits per heavy atom. The van der Waals surface area contributed by atoms with E-state index in [0.29, 0.717) is 13.1 Å². The van der Waals surface area contributed by atoms with Crippen LogP contribution in [0.15, 0.2) is 48.5 Å². The average molecular weight is 437 g/mol. The molecular formula is C26H32N2O4. The first-order valence-electron chi connectivity index (χ1n) is 11.3. The van der Waals surface area contributed by atoms with Crippen LogP contribution in [0.2, 0.25) is 0 Å². The average Bonchev–Trinajstić information content (AvgIpc) is 2.96. The number of benzene rings is 2. The van der Waals surface area contributed by atoms with E-state index in [4.69, 9.17) is 9.47 Å². The minimum atomic E-state index is -0.433. The van der Waals surface area contributed by atoms with Crippen molar-refractivity contribution in [1.29, 1.82) is 0 Å². The van der Waals surface area contributed by atoms with Crippen LogP contribution in [0.1, 0.15) is 43.7 Å². The lowest BCUT2D eigenvalue weighted by Gasteiger charge is -2.43. The van der Waals surface area contributed by atoms with Gasteiger partial charge in [0.15, 0.2) is 0 Å². The molecule has 0 radical (unpaired) electrons. The Morgan fingerprint density at radius 3 is 2.53 bits per heavy atom. The third kappa shape index (κ3) is 4.59. The van der Waals surface area contributed by atoms with Gasteiger partial charge in [-0.2, -0.15) is 0 Å². The quantitative estimate of drug-likeness (QED) is 0.731. The number of rotatable bonds is 4. The van der Waals surface area contributed by atoms with E-state index < -0.39 is 5.60 Å². The second-order valence-corrected chi connectivity index (χ2v) is 8.99. The van der Waals surface area contributed by atoms with Gasteiger partial charge < -0.3 is 19.3 Å². The summed E-state index contributed by atoms with van der Waals surface area (Å²) in [5.74, 6) is 1.75. The Bertz CT molecular complexity index is 981. The van der Waals surface area contributed by atoms with Gasteiger partial charge in [-0.05, 0) is 37.8 Å². The van der Waals surface area contributed by atoms with Crippen LogP contribution in [-0.4, -0.2) is 54.0 Å². The Hall–Kier alpha value is -3.02. The third-order valence-electron chi connectivity index (χ3n) is 6.94. The SMILES string of the molecule is COc1ccccc1CC(=O)N1Cc2ccccc2OC2(CCC(N(C)C(C)=O)CC2)C1. The van der Waals surface area contributed by atoms with E-state index in [0.717, 1.165) is 48.3 Å². The van der Waals surface area contributed by atoms with E-state index in [-0.39, 0.29) is 24.3 Å². The molecule has 1 heterocycles. The molecule has 1 spiro atoms. The lowest BCUT2D eigenvalue weighted by molar-refractivity contribution is -0.135. The Kier molecular flexibility index (Phi) is 6.40. The molecule has 0 atom stereocenters. The first-order valence-corrected chi connectivity index (χ1v) is 11.3. The molecule has 2 aromatic carbocycles. The monoisotopic (exact) mass is 436 g/mol. The molecule has 6 heteroatoms. The summed E-state index contributed by atoms with van der Waals surface area (Å²) in [5.41, 5.74) is 1.48. The number of ether oxygens (including phenoxy) is 2. The largest absolute Gasteiger partial charge is 0.496 e. The fraction of sp³-hybridized carbons (Fsp3) is 0.462. The van der Waals surface area contributed by atoms with Gasteiger partial charge in [-0.3, -0.25) is 9.59 Å². The molecule has 2 aromatic rings. The highest BCUT2D eigenvalue weighted by molar-refractivity contribution is 5.80. The Balaban J connectivity index is 1.57. The summed E-state index contributed by atoms with van der Waals surface area (Å²) in [7, 11) is 3.50. The first-order chi connectivity index (χ1) is 15.4. The molecule has 0 bridgehead atoms. The van der Waals surface area contributed by atoms with Crippen molar-refractivity contribution < 1.29 is 19.1 Å². The highest BCUT2D eigenvalue weighted by Gasteiger charge is 2.43. The van der Waals surface area contributed by atoms with Gasteiger partial charge >= 0.3 is 0 Å². The van der Waals surface area contributed by atoms with Gasteiger partial charge in [0.25, 0.3) is 0 Å². The number of para-hydroxylation sites is 2. The molecule has 2 amide bonds. The van der Waals surface area contributed by atoms with Crippen LogP contribution in [0.4, 0.5) is 0 Å². The molecule has 1 aliphatic carbocycles. The predicted molar refractivity (Wildman–Crippen MR) is 123 cm³/mol. The van der Waals surface area contributed by atoms with Gasteiger partial charge in [-0.1, -0.05) is 36.4 Å². The number of hydrogen-bond acceptors (Lipinski definition) is 4. The Labute approximate surface area is 190 Å². The van der Waals surface area contributed by atoms with Crippen molar-refractivity contribution in [3.63, 3.8) is 0 Å². The van der Waals surface area contributed by atoms with Crippen LogP contribution < -0.4 is 9.47 Å². The molecule has 170 valence electrons. The van der Waals surface area contributed by atoms with Gasteiger partial charge in [0.1, 0.15) is 17.1 Å². The molecule has 0 unspecified atom stereocenters. The standard InChI is InChI=1S/C26H32N2O4/c1-19(29)27(2)22-12-14-26(15-13-22)18-28(17-21-9-5-7-11-24(21)32-26)25(30)16-20-8-4-6-10-23(20)31-3/h4-11,22H,12-18H2,1-3H3. The van der Waals surface area contributed by atoms with Crippen molar-refractivity contribution in [3.8, 4) is 11.5 Å². The highest BCUT2D eigenvalue weighted by Crippen LogP contribution is 2.39. The van der Waals surface area contributed by atoms with Crippen LogP contribution in [0.3, 0.4) is 0 Å². The molecule has 0 aromatic heterocycles. The number of carbonyl (C=O) groups is 2. The summed E-state index contributed by atoms with van der Waals surface area (Å²) < 4.78 is 12.1. The van der Waals surface area contributed by atoms with Gasteiger partial charge in [-0.15, -0.1) is 0 Å². The topological polar surface area (TPSA) is 59.1 Å². The maximum atomic E-state index is 13.4. The minimum absolute atomic E-state index is 0.0668. The van der Waals surface area contributed by atoms with Gasteiger partial charge in [0.2, 0.25) is 11.8 Å². The Morgan fingerprint density at radius 2 is 1.81 bits per heavy atom. The lowest BCUT2D eigenvalue weighted by Crippen LogP contribution is -2.52. The fourth-order valence-electron chi connectivity index (χ4n) is 4.94. The second-order valence-electron chi connectivity index (χ2n) is 8.99. The molecule has 4 rings (SSSR count). The summed E-state index contributed by atoms with van der Waals surface area (Å²) >= 11 is 0. The lowest BCUT2D eigenvalue weighted by atomic mass is 9.81. The summed E-state index contributed by atoms with van der Waals surface area (Å²) in [5, 5.41) is 0. The molecule has 0 N–H and O–H groups in total. The van der Waals surface area contributed by atoms with Crippen molar-refractivity contribution in [2.45, 2.75) is 57.2 Å². The van der Waals surface area contributed by atoms with Crippen LogP contribution in [0.25, 0.3) is 0 Å². The van der Waals surface area contributed by atoms with Crippen molar-refractivity contribution in [2.24, 2.45) is 0 Å². The zero-order valence-electron chi connectivity index (χ0n) is 19.2. The number of fused-ring (bicyclic) bond motifs is 1. The molecule has 6 nitrogen and oxygen atoms in total. The molecule has 32 heavy (non-hydrogen) atoms. The van der Waals surface area contributed by atoms with E-state index in [1.54, 1.807) is 14.0 Å². The smallest absolute Gasteiger partial charge is 0.227 e. The fourth-order valence-corrected chi connectivity index (χ4v) is 4.94. The van der Waals surface area contributed by atoms with Gasteiger partial charge in [-0.25, -0.2) is 0 Å². The van der Waals surface area contributed by atoms with Crippen molar-refractivity contribution in [1.82, 2.24) is 9.80 Å². The maximum Gasteiger partial charge on any atom is 0.227 e. The predicted octanol–water partition coefficient (Wildman–Crippen LogP) is 3.82. The van der Waals surface area contributed by atoms with E-state index in [1.807, 2.05) is 65.4 Å². The van der Waals surface area contributed by atoms with Crippen molar-refractivity contribution >= 4 is 11.8 Å². The molecule has 0 saturated heterocycles. The van der Waals surface area contributed by atoms with Crippen LogP contribution in [0, 0.1) is 0 Å². The van der Waals surface area contributed by atoms with Gasteiger partial charge in [0, 0.05) is 37.7 Å². The number of nitrogens with zero attached hydrogens (tertiary/aromatic N) is 2. The summed E-state index contributed by atoms with van der Waals surface area (Å²) in [6, 6.07) is 15.9. The van der Waals surface area contributed by atoms with E-state index >= 15 is 0 Å². The summed E-state index contributed by atoms with van der Waals surface area (Å²) in [6.07, 6.45) is 3.64. The minimum Gasteiger partial charge on any atom is -0.496 e. The van der Waals surface area contributed by atoms with Crippen LogP contribution >= 0.6 is 0 Å². The highest BCUT2D eigenvalue weighted by atomic mass is 16.5. The normalized spacial score (nSPS) is 22.5. The number of hydrogen-bond donors (Lipinski definition) is 0. The molecule has 1 aliphatic heterocycles. The number of carbonyl (C=O) groups excluding carboxylic acids is 2. The van der Waals surface area contributed by atoms with Crippen molar-refractivity contribution in [3.05, 3.63) is 59.7 Å². The van der Waals surface area contributed by atoms with E-state index in [1.165, 1.54) is 0 Å². The summed E-state index contributed by atoms with van der Waals surface area (Å²) in [4.78, 5) is 29.0. The molecule has 1 saturated carbocycles. The molecule has 1 fully saturated rings. The summed E-state index contributed by atoms with van der Waals surface area (Å²) in [6.45, 7) is 2.69. The number of amides is 2. The zero-order valence-corrected chi connectivity index (χ0v) is 19.2. The maximum absolute atomic E-state index is 13.4. The van der Waals surface area contributed by atoms with Crippen LogP contribution in [0.5, 0.6) is 11.5 Å². The molecule has 2 aliphatic rings. The number of methoxy groups -OCH3 is 1. The first kappa shape index (κ1) is 22.2. The van der Waals surface area contributed by atoms with Gasteiger partial charge in [0.05, 0.1) is 20.1 Å².